The van der Waals surface area contributed by atoms with E-state index in [-0.39, 0.29) is 5.91 Å². The third-order valence-corrected chi connectivity index (χ3v) is 3.79. The predicted molar refractivity (Wildman–Crippen MR) is 75.6 cm³/mol. The van der Waals surface area contributed by atoms with Crippen LogP contribution in [0.5, 0.6) is 0 Å². The maximum atomic E-state index is 11.8. The number of likely N-dealkylation sites (tertiary alicyclic amines) is 1. The number of hydrogen-bond acceptors (Lipinski definition) is 3. The lowest BCUT2D eigenvalue weighted by Gasteiger charge is -2.23. The molecular formula is C15H23N3O. The number of rotatable bonds is 6. The first kappa shape index (κ1) is 14.0. The summed E-state index contributed by atoms with van der Waals surface area (Å²) in [6.07, 6.45) is 7.66. The molecule has 0 aromatic carbocycles. The standard InChI is InChI=1S/C15H23N3O/c1-13(18-10-2-3-11-18)4-5-15(19)17-12-14-6-8-16-9-7-14/h6-9,13H,2-5,10-12H2,1H3,(H,17,19)/t13-/m1/s1. The minimum atomic E-state index is 0.142. The van der Waals surface area contributed by atoms with Gasteiger partial charge in [-0.3, -0.25) is 9.78 Å². The number of amides is 1. The highest BCUT2D eigenvalue weighted by Gasteiger charge is 2.18. The lowest BCUT2D eigenvalue weighted by atomic mass is 10.1. The van der Waals surface area contributed by atoms with Crippen LogP contribution in [0.1, 0.15) is 38.2 Å². The Bertz CT molecular complexity index is 388. The maximum absolute atomic E-state index is 11.8. The van der Waals surface area contributed by atoms with Gasteiger partial charge in [0.05, 0.1) is 0 Å². The molecule has 4 nitrogen and oxygen atoms in total. The second-order valence-corrected chi connectivity index (χ2v) is 5.26. The smallest absolute Gasteiger partial charge is 0.220 e. The number of nitrogens with zero attached hydrogens (tertiary/aromatic N) is 2. The summed E-state index contributed by atoms with van der Waals surface area (Å²) in [7, 11) is 0. The first-order chi connectivity index (χ1) is 9.25. The van der Waals surface area contributed by atoms with E-state index in [2.05, 4.69) is 22.1 Å². The quantitative estimate of drug-likeness (QED) is 0.851. The van der Waals surface area contributed by atoms with Crippen LogP contribution in [0, 0.1) is 0 Å². The van der Waals surface area contributed by atoms with E-state index in [1.807, 2.05) is 12.1 Å². The van der Waals surface area contributed by atoms with Crippen LogP contribution in [0.4, 0.5) is 0 Å². The average molecular weight is 261 g/mol. The number of pyridine rings is 1. The van der Waals surface area contributed by atoms with Gasteiger partial charge in [0, 0.05) is 31.4 Å². The minimum Gasteiger partial charge on any atom is -0.352 e. The van der Waals surface area contributed by atoms with E-state index in [9.17, 15) is 4.79 Å². The fourth-order valence-corrected chi connectivity index (χ4v) is 2.49. The van der Waals surface area contributed by atoms with Gasteiger partial charge in [0.25, 0.3) is 0 Å². The van der Waals surface area contributed by atoms with Gasteiger partial charge in [-0.05, 0) is 57.0 Å². The van der Waals surface area contributed by atoms with Crippen molar-refractivity contribution in [2.45, 2.75) is 45.2 Å². The van der Waals surface area contributed by atoms with E-state index in [0.29, 0.717) is 19.0 Å². The van der Waals surface area contributed by atoms with Crippen molar-refractivity contribution in [2.75, 3.05) is 13.1 Å². The van der Waals surface area contributed by atoms with Gasteiger partial charge in [0.2, 0.25) is 5.91 Å². The van der Waals surface area contributed by atoms with E-state index in [4.69, 9.17) is 0 Å². The second kappa shape index (κ2) is 7.24. The molecule has 1 N–H and O–H groups in total. The first-order valence-electron chi connectivity index (χ1n) is 7.15. The fraction of sp³-hybridized carbons (Fsp3) is 0.600. The second-order valence-electron chi connectivity index (χ2n) is 5.26. The molecule has 1 aliphatic heterocycles. The molecule has 2 heterocycles. The Balaban J connectivity index is 1.64. The number of carbonyl (C=O) groups is 1. The van der Waals surface area contributed by atoms with E-state index < -0.39 is 0 Å². The summed E-state index contributed by atoms with van der Waals surface area (Å²) in [6.45, 7) is 5.21. The summed E-state index contributed by atoms with van der Waals surface area (Å²) in [6, 6.07) is 4.37. The van der Waals surface area contributed by atoms with E-state index in [1.165, 1.54) is 25.9 Å². The van der Waals surface area contributed by atoms with Crippen LogP contribution < -0.4 is 5.32 Å². The van der Waals surface area contributed by atoms with Crippen molar-refractivity contribution in [3.05, 3.63) is 30.1 Å². The van der Waals surface area contributed by atoms with Crippen molar-refractivity contribution >= 4 is 5.91 Å². The number of carbonyl (C=O) groups excluding carboxylic acids is 1. The molecular weight excluding hydrogens is 238 g/mol. The average Bonchev–Trinajstić information content (AvgIpc) is 2.98. The zero-order valence-corrected chi connectivity index (χ0v) is 11.6. The molecule has 0 saturated carbocycles. The molecule has 0 bridgehead atoms. The van der Waals surface area contributed by atoms with Gasteiger partial charge in [0.1, 0.15) is 0 Å². The van der Waals surface area contributed by atoms with Gasteiger partial charge in [-0.1, -0.05) is 0 Å². The molecule has 0 aliphatic carbocycles. The number of nitrogens with one attached hydrogen (secondary N) is 1. The third kappa shape index (κ3) is 4.63. The summed E-state index contributed by atoms with van der Waals surface area (Å²) >= 11 is 0. The Morgan fingerprint density at radius 3 is 2.74 bits per heavy atom. The zero-order chi connectivity index (χ0) is 13.5. The summed E-state index contributed by atoms with van der Waals surface area (Å²) < 4.78 is 0. The van der Waals surface area contributed by atoms with E-state index in [1.54, 1.807) is 12.4 Å². The highest BCUT2D eigenvalue weighted by molar-refractivity contribution is 5.75. The Labute approximate surface area is 115 Å². The van der Waals surface area contributed by atoms with Crippen LogP contribution in [0.2, 0.25) is 0 Å². The molecule has 1 aromatic rings. The van der Waals surface area contributed by atoms with Gasteiger partial charge < -0.3 is 10.2 Å². The summed E-state index contributed by atoms with van der Waals surface area (Å²) in [5.74, 6) is 0.142. The Hall–Kier alpha value is -1.42. The Morgan fingerprint density at radius 1 is 1.37 bits per heavy atom. The zero-order valence-electron chi connectivity index (χ0n) is 11.6. The molecule has 1 saturated heterocycles. The summed E-state index contributed by atoms with van der Waals surface area (Å²) in [5.41, 5.74) is 1.09. The van der Waals surface area contributed by atoms with Gasteiger partial charge >= 0.3 is 0 Å². The van der Waals surface area contributed by atoms with Crippen molar-refractivity contribution in [1.29, 1.82) is 0 Å². The predicted octanol–water partition coefficient (Wildman–Crippen LogP) is 1.96. The molecule has 19 heavy (non-hydrogen) atoms. The largest absolute Gasteiger partial charge is 0.352 e. The topological polar surface area (TPSA) is 45.2 Å². The van der Waals surface area contributed by atoms with Crippen LogP contribution in [-0.2, 0) is 11.3 Å². The summed E-state index contributed by atoms with van der Waals surface area (Å²) in [5, 5.41) is 2.96. The first-order valence-corrected chi connectivity index (χ1v) is 7.15. The molecule has 2 rings (SSSR count). The third-order valence-electron chi connectivity index (χ3n) is 3.79. The highest BCUT2D eigenvalue weighted by atomic mass is 16.1. The van der Waals surface area contributed by atoms with E-state index >= 15 is 0 Å². The highest BCUT2D eigenvalue weighted by Crippen LogP contribution is 2.14. The van der Waals surface area contributed by atoms with Crippen LogP contribution in [0.15, 0.2) is 24.5 Å². The van der Waals surface area contributed by atoms with Crippen LogP contribution in [0.3, 0.4) is 0 Å². The molecule has 0 radical (unpaired) electrons. The molecule has 1 fully saturated rings. The monoisotopic (exact) mass is 261 g/mol. The van der Waals surface area contributed by atoms with E-state index in [0.717, 1.165) is 12.0 Å². The lowest BCUT2D eigenvalue weighted by Crippen LogP contribution is -2.32. The van der Waals surface area contributed by atoms with Crippen molar-refractivity contribution in [3.63, 3.8) is 0 Å². The Kier molecular flexibility index (Phi) is 5.33. The van der Waals surface area contributed by atoms with Crippen molar-refractivity contribution in [2.24, 2.45) is 0 Å². The fourth-order valence-electron chi connectivity index (χ4n) is 2.49. The van der Waals surface area contributed by atoms with Crippen LogP contribution >= 0.6 is 0 Å². The maximum Gasteiger partial charge on any atom is 0.220 e. The molecule has 1 amide bonds. The SMILES string of the molecule is C[C@H](CCC(=O)NCc1ccncc1)N1CCCC1. The van der Waals surface area contributed by atoms with Crippen molar-refractivity contribution in [3.8, 4) is 0 Å². The molecule has 1 aliphatic rings. The van der Waals surface area contributed by atoms with Gasteiger partial charge in [-0.15, -0.1) is 0 Å². The molecule has 1 aromatic heterocycles. The van der Waals surface area contributed by atoms with Crippen molar-refractivity contribution in [1.82, 2.24) is 15.2 Å². The lowest BCUT2D eigenvalue weighted by molar-refractivity contribution is -0.121. The van der Waals surface area contributed by atoms with Crippen LogP contribution in [0.25, 0.3) is 0 Å². The molecule has 0 unspecified atom stereocenters. The number of aromatic nitrogens is 1. The molecule has 4 heteroatoms. The van der Waals surface area contributed by atoms with Gasteiger partial charge in [-0.25, -0.2) is 0 Å². The molecule has 1 atom stereocenters. The Morgan fingerprint density at radius 2 is 2.05 bits per heavy atom. The van der Waals surface area contributed by atoms with Crippen LogP contribution in [-0.4, -0.2) is 34.9 Å². The summed E-state index contributed by atoms with van der Waals surface area (Å²) in [4.78, 5) is 18.2. The molecule has 0 spiro atoms. The molecule has 104 valence electrons. The number of hydrogen-bond donors (Lipinski definition) is 1. The van der Waals surface area contributed by atoms with Gasteiger partial charge in [0.15, 0.2) is 0 Å². The normalized spacial score (nSPS) is 17.3. The van der Waals surface area contributed by atoms with Gasteiger partial charge in [-0.2, -0.15) is 0 Å². The minimum absolute atomic E-state index is 0.142. The van der Waals surface area contributed by atoms with Crippen molar-refractivity contribution < 1.29 is 4.79 Å².